The lowest BCUT2D eigenvalue weighted by atomic mass is 10.0. The van der Waals surface area contributed by atoms with Crippen LogP contribution in [0.15, 0.2) is 6.20 Å². The quantitative estimate of drug-likeness (QED) is 0.740. The zero-order chi connectivity index (χ0) is 10.6. The van der Waals surface area contributed by atoms with Crippen molar-refractivity contribution in [1.82, 2.24) is 9.55 Å². The molecule has 0 aliphatic heterocycles. The first kappa shape index (κ1) is 11.5. The fourth-order valence-corrected chi connectivity index (χ4v) is 1.98. The minimum Gasteiger partial charge on any atom is -0.337 e. The van der Waals surface area contributed by atoms with Crippen LogP contribution in [0.2, 0.25) is 0 Å². The summed E-state index contributed by atoms with van der Waals surface area (Å²) in [7, 11) is 0. The molecule has 0 spiro atoms. The lowest BCUT2D eigenvalue weighted by Gasteiger charge is -2.14. The number of rotatable bonds is 5. The predicted molar refractivity (Wildman–Crippen MR) is 63.1 cm³/mol. The van der Waals surface area contributed by atoms with Crippen LogP contribution in [0, 0.1) is 10.7 Å². The molecule has 1 aromatic rings. The van der Waals surface area contributed by atoms with Crippen molar-refractivity contribution in [3.8, 4) is 0 Å². The second kappa shape index (κ2) is 5.35. The first-order valence-electron chi connectivity index (χ1n) is 5.49. The Kier molecular flexibility index (Phi) is 4.39. The van der Waals surface area contributed by atoms with Gasteiger partial charge < -0.3 is 9.55 Å². The highest BCUT2D eigenvalue weighted by Gasteiger charge is 2.08. The summed E-state index contributed by atoms with van der Waals surface area (Å²) in [4.78, 5) is 3.12. The largest absolute Gasteiger partial charge is 0.337 e. The lowest BCUT2D eigenvalue weighted by Crippen LogP contribution is -2.11. The zero-order valence-electron chi connectivity index (χ0n) is 9.34. The predicted octanol–water partition coefficient (Wildman–Crippen LogP) is 3.54. The first-order chi connectivity index (χ1) is 6.72. The Morgan fingerprint density at radius 2 is 2.00 bits per heavy atom. The van der Waals surface area contributed by atoms with Crippen LogP contribution in [0.5, 0.6) is 0 Å². The average Bonchev–Trinajstić information content (AvgIpc) is 2.56. The Morgan fingerprint density at radius 3 is 2.50 bits per heavy atom. The van der Waals surface area contributed by atoms with Crippen LogP contribution in [0.25, 0.3) is 0 Å². The van der Waals surface area contributed by atoms with Crippen molar-refractivity contribution in [2.45, 2.75) is 46.6 Å². The maximum atomic E-state index is 5.26. The van der Waals surface area contributed by atoms with Crippen LogP contribution in [0.4, 0.5) is 0 Å². The molecule has 0 radical (unpaired) electrons. The molecule has 0 saturated heterocycles. The molecule has 0 saturated carbocycles. The number of aromatic amines is 1. The van der Waals surface area contributed by atoms with Crippen molar-refractivity contribution in [1.29, 1.82) is 0 Å². The summed E-state index contributed by atoms with van der Waals surface area (Å²) in [5.74, 6) is 0.753. The number of hydrogen-bond acceptors (Lipinski definition) is 1. The van der Waals surface area contributed by atoms with Crippen molar-refractivity contribution in [3.63, 3.8) is 0 Å². The monoisotopic (exact) mass is 212 g/mol. The molecule has 0 aliphatic rings. The molecule has 0 amide bonds. The van der Waals surface area contributed by atoms with Gasteiger partial charge in [-0.25, -0.2) is 0 Å². The van der Waals surface area contributed by atoms with E-state index in [9.17, 15) is 0 Å². The maximum absolute atomic E-state index is 5.26. The molecule has 80 valence electrons. The maximum Gasteiger partial charge on any atom is 0.177 e. The summed E-state index contributed by atoms with van der Waals surface area (Å²) in [5.41, 5.74) is 1.32. The highest BCUT2D eigenvalue weighted by molar-refractivity contribution is 7.71. The summed E-state index contributed by atoms with van der Waals surface area (Å²) in [6.45, 7) is 7.73. The van der Waals surface area contributed by atoms with E-state index in [-0.39, 0.29) is 0 Å². The first-order valence-corrected chi connectivity index (χ1v) is 5.90. The summed E-state index contributed by atoms with van der Waals surface area (Å²) in [5, 5.41) is 0. The second-order valence-electron chi connectivity index (χ2n) is 3.73. The van der Waals surface area contributed by atoms with E-state index >= 15 is 0 Å². The molecule has 0 aromatic carbocycles. The van der Waals surface area contributed by atoms with E-state index in [1.54, 1.807) is 0 Å². The van der Waals surface area contributed by atoms with Crippen LogP contribution in [-0.4, -0.2) is 9.55 Å². The van der Waals surface area contributed by atoms with Crippen molar-refractivity contribution in [2.24, 2.45) is 5.92 Å². The van der Waals surface area contributed by atoms with E-state index in [1.165, 1.54) is 18.5 Å². The Morgan fingerprint density at radius 1 is 1.36 bits per heavy atom. The Hall–Kier alpha value is -0.570. The Bertz CT molecular complexity index is 320. The molecule has 1 aromatic heterocycles. The molecular weight excluding hydrogens is 192 g/mol. The Balaban J connectivity index is 2.83. The van der Waals surface area contributed by atoms with Gasteiger partial charge in [0.25, 0.3) is 0 Å². The molecule has 0 bridgehead atoms. The molecular formula is C11H20N2S. The normalized spacial score (nSPS) is 11.1. The third-order valence-corrected chi connectivity index (χ3v) is 3.25. The number of aromatic nitrogens is 2. The smallest absolute Gasteiger partial charge is 0.177 e. The van der Waals surface area contributed by atoms with Gasteiger partial charge in [-0.1, -0.05) is 33.6 Å². The van der Waals surface area contributed by atoms with Gasteiger partial charge in [-0.05, 0) is 24.6 Å². The summed E-state index contributed by atoms with van der Waals surface area (Å²) < 4.78 is 3.11. The zero-order valence-corrected chi connectivity index (χ0v) is 10.2. The van der Waals surface area contributed by atoms with Gasteiger partial charge in [-0.15, -0.1) is 0 Å². The van der Waals surface area contributed by atoms with E-state index in [0.29, 0.717) is 0 Å². The van der Waals surface area contributed by atoms with Gasteiger partial charge in [-0.2, -0.15) is 0 Å². The van der Waals surface area contributed by atoms with E-state index in [4.69, 9.17) is 12.2 Å². The van der Waals surface area contributed by atoms with Crippen molar-refractivity contribution < 1.29 is 0 Å². The molecule has 1 N–H and O–H groups in total. The molecule has 14 heavy (non-hydrogen) atoms. The molecule has 1 rings (SSSR count). The van der Waals surface area contributed by atoms with Gasteiger partial charge in [0.15, 0.2) is 4.77 Å². The number of imidazole rings is 1. The fraction of sp³-hybridized carbons (Fsp3) is 0.727. The average molecular weight is 212 g/mol. The molecule has 0 fully saturated rings. The fourth-order valence-electron chi connectivity index (χ4n) is 1.73. The number of aryl methyl sites for hydroxylation is 1. The lowest BCUT2D eigenvalue weighted by molar-refractivity contribution is 0.410. The number of H-pyrrole nitrogens is 1. The number of hydrogen-bond donors (Lipinski definition) is 1. The van der Waals surface area contributed by atoms with E-state index in [1.807, 2.05) is 6.20 Å². The minimum absolute atomic E-state index is 0.753. The SMILES string of the molecule is CCc1c[nH]c(=S)n1CC(CC)CC. The molecule has 2 nitrogen and oxygen atoms in total. The minimum atomic E-state index is 0.753. The van der Waals surface area contributed by atoms with Gasteiger partial charge in [0.2, 0.25) is 0 Å². The highest BCUT2D eigenvalue weighted by atomic mass is 32.1. The van der Waals surface area contributed by atoms with Gasteiger partial charge in [0, 0.05) is 18.4 Å². The Labute approximate surface area is 91.3 Å². The van der Waals surface area contributed by atoms with Crippen LogP contribution in [-0.2, 0) is 13.0 Å². The van der Waals surface area contributed by atoms with Crippen LogP contribution in [0.3, 0.4) is 0 Å². The third kappa shape index (κ3) is 2.47. The highest BCUT2D eigenvalue weighted by Crippen LogP contribution is 2.13. The van der Waals surface area contributed by atoms with Crippen LogP contribution >= 0.6 is 12.2 Å². The van der Waals surface area contributed by atoms with E-state index in [2.05, 4.69) is 30.3 Å². The van der Waals surface area contributed by atoms with Gasteiger partial charge >= 0.3 is 0 Å². The van der Waals surface area contributed by atoms with Gasteiger partial charge in [-0.3, -0.25) is 0 Å². The van der Waals surface area contributed by atoms with Crippen LogP contribution < -0.4 is 0 Å². The van der Waals surface area contributed by atoms with Crippen molar-refractivity contribution in [3.05, 3.63) is 16.7 Å². The van der Waals surface area contributed by atoms with E-state index < -0.39 is 0 Å². The molecule has 0 atom stereocenters. The number of nitrogens with one attached hydrogen (secondary N) is 1. The second-order valence-corrected chi connectivity index (χ2v) is 4.12. The van der Waals surface area contributed by atoms with Crippen LogP contribution in [0.1, 0.15) is 39.3 Å². The van der Waals surface area contributed by atoms with Crippen molar-refractivity contribution >= 4 is 12.2 Å². The summed E-state index contributed by atoms with van der Waals surface area (Å²) in [6, 6.07) is 0. The topological polar surface area (TPSA) is 20.7 Å². The van der Waals surface area contributed by atoms with Gasteiger partial charge in [0.1, 0.15) is 0 Å². The molecule has 0 unspecified atom stereocenters. The number of nitrogens with zero attached hydrogens (tertiary/aromatic N) is 1. The summed E-state index contributed by atoms with van der Waals surface area (Å²) in [6.07, 6.45) is 5.54. The molecule has 1 heterocycles. The summed E-state index contributed by atoms with van der Waals surface area (Å²) >= 11 is 5.26. The standard InChI is InChI=1S/C11H20N2S/c1-4-9(5-2)8-13-10(6-3)7-12-11(13)14/h7,9H,4-6,8H2,1-3H3,(H,12,14). The molecule has 3 heteroatoms. The van der Waals surface area contributed by atoms with Gasteiger partial charge in [0.05, 0.1) is 0 Å². The molecule has 0 aliphatic carbocycles. The van der Waals surface area contributed by atoms with Crippen molar-refractivity contribution in [2.75, 3.05) is 0 Å². The third-order valence-electron chi connectivity index (χ3n) is 2.91. The van der Waals surface area contributed by atoms with E-state index in [0.717, 1.165) is 23.7 Å².